The van der Waals surface area contributed by atoms with E-state index in [0.717, 1.165) is 11.1 Å². The van der Waals surface area contributed by atoms with Crippen LogP contribution in [-0.4, -0.2) is 5.78 Å². The lowest BCUT2D eigenvalue weighted by Gasteiger charge is -2.18. The summed E-state index contributed by atoms with van der Waals surface area (Å²) in [7, 11) is 0. The van der Waals surface area contributed by atoms with Gasteiger partial charge in [-0.2, -0.15) is 0 Å². The third kappa shape index (κ3) is 4.42. The fraction of sp³-hybridized carbons (Fsp3) is 0.0952. The van der Waals surface area contributed by atoms with Crippen LogP contribution in [0.25, 0.3) is 0 Å². The second-order valence-electron chi connectivity index (χ2n) is 5.91. The van der Waals surface area contributed by atoms with Crippen LogP contribution in [0.5, 0.6) is 0 Å². The van der Waals surface area contributed by atoms with Gasteiger partial charge in [0.05, 0.1) is 26.0 Å². The lowest BCUT2D eigenvalue weighted by atomic mass is 9.85. The second kappa shape index (κ2) is 8.45. The first kappa shape index (κ1) is 19.3. The van der Waals surface area contributed by atoms with Crippen LogP contribution in [0.1, 0.15) is 27.4 Å². The van der Waals surface area contributed by atoms with Crippen LogP contribution in [0.15, 0.2) is 66.7 Å². The Morgan fingerprint density at radius 1 is 0.731 bits per heavy atom. The van der Waals surface area contributed by atoms with E-state index in [1.165, 1.54) is 0 Å². The van der Waals surface area contributed by atoms with Gasteiger partial charge in [-0.05, 0) is 41.8 Å². The van der Waals surface area contributed by atoms with Crippen molar-refractivity contribution >= 4 is 52.2 Å². The summed E-state index contributed by atoms with van der Waals surface area (Å²) in [5, 5.41) is 1.82. The van der Waals surface area contributed by atoms with Gasteiger partial charge in [0.2, 0.25) is 0 Å². The molecule has 0 N–H and O–H groups in total. The van der Waals surface area contributed by atoms with E-state index < -0.39 is 5.92 Å². The van der Waals surface area contributed by atoms with Gasteiger partial charge in [0.25, 0.3) is 0 Å². The molecule has 0 heterocycles. The normalized spacial score (nSPS) is 12.0. The average molecular weight is 424 g/mol. The van der Waals surface area contributed by atoms with E-state index in [-0.39, 0.29) is 5.78 Å². The van der Waals surface area contributed by atoms with E-state index in [4.69, 9.17) is 46.4 Å². The Morgan fingerprint density at radius 3 is 1.96 bits per heavy atom. The molecule has 0 amide bonds. The number of benzene rings is 3. The lowest BCUT2D eigenvalue weighted by molar-refractivity contribution is 0.0959. The van der Waals surface area contributed by atoms with Crippen molar-refractivity contribution in [1.82, 2.24) is 0 Å². The summed E-state index contributed by atoms with van der Waals surface area (Å²) >= 11 is 24.3. The molecule has 0 aliphatic heterocycles. The van der Waals surface area contributed by atoms with Gasteiger partial charge >= 0.3 is 0 Å². The molecule has 26 heavy (non-hydrogen) atoms. The van der Waals surface area contributed by atoms with Crippen LogP contribution in [0.2, 0.25) is 20.1 Å². The number of rotatable bonds is 5. The highest BCUT2D eigenvalue weighted by Crippen LogP contribution is 2.32. The molecule has 0 aliphatic carbocycles. The van der Waals surface area contributed by atoms with E-state index in [9.17, 15) is 4.79 Å². The predicted molar refractivity (Wildman–Crippen MR) is 110 cm³/mol. The van der Waals surface area contributed by atoms with Gasteiger partial charge in [0.15, 0.2) is 5.78 Å². The van der Waals surface area contributed by atoms with E-state index in [0.29, 0.717) is 32.1 Å². The topological polar surface area (TPSA) is 17.1 Å². The largest absolute Gasteiger partial charge is 0.293 e. The first-order valence-corrected chi connectivity index (χ1v) is 9.45. The Hall–Kier alpha value is -1.51. The zero-order valence-corrected chi connectivity index (χ0v) is 16.6. The standard InChI is InChI=1S/C21H14Cl4O/c22-17-8-6-13(11-19(17)24)10-16(15-7-9-18(23)20(25)12-15)21(26)14-4-2-1-3-5-14/h1-9,11-12,16H,10H2. The van der Waals surface area contributed by atoms with Gasteiger partial charge in [-0.3, -0.25) is 4.79 Å². The summed E-state index contributed by atoms with van der Waals surface area (Å²) in [6.07, 6.45) is 0.475. The third-order valence-corrected chi connectivity index (χ3v) is 5.62. The molecule has 0 aromatic heterocycles. The van der Waals surface area contributed by atoms with Crippen LogP contribution in [0.4, 0.5) is 0 Å². The first-order chi connectivity index (χ1) is 12.5. The third-order valence-electron chi connectivity index (χ3n) is 4.14. The van der Waals surface area contributed by atoms with Crippen molar-refractivity contribution in [2.75, 3.05) is 0 Å². The number of ketones is 1. The maximum atomic E-state index is 13.2. The van der Waals surface area contributed by atoms with Gasteiger partial charge in [0.1, 0.15) is 0 Å². The van der Waals surface area contributed by atoms with Crippen molar-refractivity contribution in [2.45, 2.75) is 12.3 Å². The molecule has 0 saturated heterocycles. The quantitative estimate of drug-likeness (QED) is 0.388. The number of hydrogen-bond donors (Lipinski definition) is 0. The fourth-order valence-corrected chi connectivity index (χ4v) is 3.42. The number of hydrogen-bond acceptors (Lipinski definition) is 1. The predicted octanol–water partition coefficient (Wildman–Crippen LogP) is 7.51. The zero-order valence-electron chi connectivity index (χ0n) is 13.6. The summed E-state index contributed by atoms with van der Waals surface area (Å²) in [4.78, 5) is 13.2. The first-order valence-electron chi connectivity index (χ1n) is 7.94. The summed E-state index contributed by atoms with van der Waals surface area (Å²) < 4.78 is 0. The van der Waals surface area contributed by atoms with Gasteiger partial charge in [-0.25, -0.2) is 0 Å². The molecule has 0 aliphatic rings. The molecular formula is C21H14Cl4O. The van der Waals surface area contributed by atoms with Crippen LogP contribution in [0, 0.1) is 0 Å². The molecule has 1 nitrogen and oxygen atoms in total. The molecule has 132 valence electrons. The Morgan fingerprint density at radius 2 is 1.35 bits per heavy atom. The minimum Gasteiger partial charge on any atom is -0.293 e. The maximum Gasteiger partial charge on any atom is 0.170 e. The fourth-order valence-electron chi connectivity index (χ4n) is 2.80. The van der Waals surface area contributed by atoms with Gasteiger partial charge < -0.3 is 0 Å². The van der Waals surface area contributed by atoms with Crippen molar-refractivity contribution in [3.63, 3.8) is 0 Å². The summed E-state index contributed by atoms with van der Waals surface area (Å²) in [5.41, 5.74) is 2.36. The summed E-state index contributed by atoms with van der Waals surface area (Å²) in [6.45, 7) is 0. The van der Waals surface area contributed by atoms with Crippen molar-refractivity contribution in [1.29, 1.82) is 0 Å². The van der Waals surface area contributed by atoms with Crippen LogP contribution < -0.4 is 0 Å². The molecule has 0 spiro atoms. The van der Waals surface area contributed by atoms with Crippen molar-refractivity contribution in [2.24, 2.45) is 0 Å². The smallest absolute Gasteiger partial charge is 0.170 e. The number of Topliss-reactive ketones (excluding diaryl/α,β-unsaturated/α-hetero) is 1. The molecule has 0 bridgehead atoms. The van der Waals surface area contributed by atoms with Crippen LogP contribution >= 0.6 is 46.4 Å². The minimum atomic E-state index is -0.413. The van der Waals surface area contributed by atoms with Gasteiger partial charge in [0, 0.05) is 5.56 Å². The molecule has 5 heteroatoms. The Labute approximate surface area is 172 Å². The van der Waals surface area contributed by atoms with Crippen molar-refractivity contribution in [3.05, 3.63) is 104 Å². The van der Waals surface area contributed by atoms with Crippen LogP contribution in [-0.2, 0) is 6.42 Å². The lowest BCUT2D eigenvalue weighted by Crippen LogP contribution is -2.16. The van der Waals surface area contributed by atoms with Crippen molar-refractivity contribution < 1.29 is 4.79 Å². The molecule has 3 rings (SSSR count). The SMILES string of the molecule is O=C(c1ccccc1)C(Cc1ccc(Cl)c(Cl)c1)c1ccc(Cl)c(Cl)c1. The Bertz CT molecular complexity index is 938. The highest BCUT2D eigenvalue weighted by molar-refractivity contribution is 6.42. The summed E-state index contributed by atoms with van der Waals surface area (Å²) in [6, 6.07) is 19.9. The molecule has 1 unspecified atom stereocenters. The van der Waals surface area contributed by atoms with E-state index >= 15 is 0 Å². The molecule has 0 radical (unpaired) electrons. The van der Waals surface area contributed by atoms with Crippen LogP contribution in [0.3, 0.4) is 0 Å². The average Bonchev–Trinajstić information content (AvgIpc) is 2.65. The van der Waals surface area contributed by atoms with Gasteiger partial charge in [-0.15, -0.1) is 0 Å². The summed E-state index contributed by atoms with van der Waals surface area (Å²) in [5.74, 6) is -0.403. The maximum absolute atomic E-state index is 13.2. The highest BCUT2D eigenvalue weighted by Gasteiger charge is 2.23. The molecule has 1 atom stereocenters. The monoisotopic (exact) mass is 422 g/mol. The van der Waals surface area contributed by atoms with Crippen molar-refractivity contribution in [3.8, 4) is 0 Å². The Kier molecular flexibility index (Phi) is 6.26. The van der Waals surface area contributed by atoms with E-state index in [1.54, 1.807) is 24.3 Å². The minimum absolute atomic E-state index is 0.00932. The molecule has 3 aromatic rings. The Balaban J connectivity index is 2.01. The molecule has 0 saturated carbocycles. The molecular weight excluding hydrogens is 410 g/mol. The molecule has 3 aromatic carbocycles. The van der Waals surface area contributed by atoms with E-state index in [2.05, 4.69) is 0 Å². The molecule has 0 fully saturated rings. The van der Waals surface area contributed by atoms with E-state index in [1.807, 2.05) is 42.5 Å². The zero-order chi connectivity index (χ0) is 18.7. The highest BCUT2D eigenvalue weighted by atomic mass is 35.5. The number of carbonyl (C=O) groups is 1. The number of halogens is 4. The second-order valence-corrected chi connectivity index (χ2v) is 7.54. The van der Waals surface area contributed by atoms with Gasteiger partial charge in [-0.1, -0.05) is 88.9 Å². The number of carbonyl (C=O) groups excluding carboxylic acids is 1.